The number of nitrogens with one attached hydrogen (secondary N) is 2. The molecule has 0 aliphatic heterocycles. The Hall–Kier alpha value is -1.55. The van der Waals surface area contributed by atoms with E-state index in [0.29, 0.717) is 0 Å². The van der Waals surface area contributed by atoms with Crippen LogP contribution in [0.4, 0.5) is 10.5 Å². The monoisotopic (exact) mass is 263 g/mol. The summed E-state index contributed by atoms with van der Waals surface area (Å²) in [5.41, 5.74) is 7.42. The number of amides is 2. The van der Waals surface area contributed by atoms with Crippen molar-refractivity contribution in [3.05, 3.63) is 29.8 Å². The quantitative estimate of drug-likeness (QED) is 0.762. The van der Waals surface area contributed by atoms with Crippen LogP contribution in [-0.2, 0) is 0 Å². The van der Waals surface area contributed by atoms with Gasteiger partial charge in [0.1, 0.15) is 0 Å². The second kappa shape index (κ2) is 6.57. The highest BCUT2D eigenvalue weighted by atomic mass is 16.2. The molecule has 4 nitrogen and oxygen atoms in total. The standard InChI is InChI=1S/C15H25N3O/c1-5-10-15(3,4)18-14(19)17-13-8-6-12(7-9-13)11(2)16/h6-9,11H,5,10,16H2,1-4H3,(H2,17,18,19). The Morgan fingerprint density at radius 2 is 1.89 bits per heavy atom. The molecular formula is C15H25N3O. The van der Waals surface area contributed by atoms with Crippen molar-refractivity contribution < 1.29 is 4.79 Å². The highest BCUT2D eigenvalue weighted by molar-refractivity contribution is 5.89. The lowest BCUT2D eigenvalue weighted by atomic mass is 9.99. The summed E-state index contributed by atoms with van der Waals surface area (Å²) in [7, 11) is 0. The van der Waals surface area contributed by atoms with Crippen LogP contribution in [0.25, 0.3) is 0 Å². The van der Waals surface area contributed by atoms with E-state index in [1.54, 1.807) is 0 Å². The SMILES string of the molecule is CCCC(C)(C)NC(=O)Nc1ccc(C(C)N)cc1. The third-order valence-electron chi connectivity index (χ3n) is 3.02. The molecule has 0 saturated heterocycles. The number of carbonyl (C=O) groups excluding carboxylic acids is 1. The number of hydrogen-bond donors (Lipinski definition) is 3. The van der Waals surface area contributed by atoms with E-state index >= 15 is 0 Å². The van der Waals surface area contributed by atoms with Crippen LogP contribution in [0.3, 0.4) is 0 Å². The van der Waals surface area contributed by atoms with Crippen LogP contribution in [0.1, 0.15) is 52.1 Å². The number of nitrogens with two attached hydrogens (primary N) is 1. The highest BCUT2D eigenvalue weighted by Gasteiger charge is 2.18. The van der Waals surface area contributed by atoms with E-state index in [2.05, 4.69) is 17.6 Å². The third-order valence-corrected chi connectivity index (χ3v) is 3.02. The van der Waals surface area contributed by atoms with Gasteiger partial charge < -0.3 is 16.4 Å². The van der Waals surface area contributed by atoms with Crippen LogP contribution in [0, 0.1) is 0 Å². The molecule has 0 aliphatic rings. The van der Waals surface area contributed by atoms with Gasteiger partial charge in [-0.1, -0.05) is 25.5 Å². The Bertz CT molecular complexity index is 410. The predicted octanol–water partition coefficient (Wildman–Crippen LogP) is 3.41. The van der Waals surface area contributed by atoms with E-state index in [4.69, 9.17) is 5.73 Å². The summed E-state index contributed by atoms with van der Waals surface area (Å²) < 4.78 is 0. The van der Waals surface area contributed by atoms with Crippen LogP contribution in [0.5, 0.6) is 0 Å². The van der Waals surface area contributed by atoms with Crippen LogP contribution in [0.2, 0.25) is 0 Å². The van der Waals surface area contributed by atoms with Gasteiger partial charge in [-0.05, 0) is 44.9 Å². The molecule has 19 heavy (non-hydrogen) atoms. The molecule has 2 amide bonds. The van der Waals surface area contributed by atoms with Crippen molar-refractivity contribution in [3.8, 4) is 0 Å². The van der Waals surface area contributed by atoms with E-state index in [-0.39, 0.29) is 17.6 Å². The van der Waals surface area contributed by atoms with Gasteiger partial charge in [0, 0.05) is 17.3 Å². The van der Waals surface area contributed by atoms with E-state index in [1.807, 2.05) is 45.0 Å². The maximum Gasteiger partial charge on any atom is 0.319 e. The first-order chi connectivity index (χ1) is 8.84. The first-order valence-electron chi connectivity index (χ1n) is 6.79. The van der Waals surface area contributed by atoms with Crippen LogP contribution < -0.4 is 16.4 Å². The minimum absolute atomic E-state index is 0.00589. The molecule has 1 aromatic carbocycles. The van der Waals surface area contributed by atoms with Crippen molar-refractivity contribution >= 4 is 11.7 Å². The summed E-state index contributed by atoms with van der Waals surface area (Å²) in [6.07, 6.45) is 1.99. The zero-order chi connectivity index (χ0) is 14.5. The Morgan fingerprint density at radius 3 is 2.37 bits per heavy atom. The Morgan fingerprint density at radius 1 is 1.32 bits per heavy atom. The molecule has 4 heteroatoms. The Balaban J connectivity index is 2.57. The molecule has 1 rings (SSSR count). The highest BCUT2D eigenvalue weighted by Crippen LogP contribution is 2.15. The molecule has 1 atom stereocenters. The largest absolute Gasteiger partial charge is 0.333 e. The van der Waals surface area contributed by atoms with Gasteiger partial charge in [0.25, 0.3) is 0 Å². The number of anilines is 1. The Kier molecular flexibility index (Phi) is 5.36. The van der Waals surface area contributed by atoms with Crippen molar-refractivity contribution in [1.29, 1.82) is 0 Å². The minimum Gasteiger partial charge on any atom is -0.333 e. The van der Waals surface area contributed by atoms with Crippen molar-refractivity contribution in [2.45, 2.75) is 52.1 Å². The normalized spacial score (nSPS) is 12.9. The van der Waals surface area contributed by atoms with Crippen molar-refractivity contribution in [1.82, 2.24) is 5.32 Å². The molecule has 0 fully saturated rings. The van der Waals surface area contributed by atoms with Crippen molar-refractivity contribution in [2.24, 2.45) is 5.73 Å². The Labute approximate surface area is 115 Å². The number of urea groups is 1. The lowest BCUT2D eigenvalue weighted by Gasteiger charge is -2.25. The van der Waals surface area contributed by atoms with Gasteiger partial charge in [-0.2, -0.15) is 0 Å². The van der Waals surface area contributed by atoms with Gasteiger partial charge in [-0.15, -0.1) is 0 Å². The van der Waals surface area contributed by atoms with Gasteiger partial charge in [-0.25, -0.2) is 4.79 Å². The van der Waals surface area contributed by atoms with Crippen LogP contribution in [0.15, 0.2) is 24.3 Å². The summed E-state index contributed by atoms with van der Waals surface area (Å²) in [5.74, 6) is 0. The topological polar surface area (TPSA) is 67.2 Å². The molecule has 0 saturated carbocycles. The number of carbonyl (C=O) groups is 1. The fraction of sp³-hybridized carbons (Fsp3) is 0.533. The molecule has 0 radical (unpaired) electrons. The molecule has 0 bridgehead atoms. The molecule has 0 heterocycles. The van der Waals surface area contributed by atoms with Crippen LogP contribution >= 0.6 is 0 Å². The van der Waals surface area contributed by atoms with Gasteiger partial charge in [0.05, 0.1) is 0 Å². The summed E-state index contributed by atoms with van der Waals surface area (Å²) in [6, 6.07) is 7.42. The average molecular weight is 263 g/mol. The lowest BCUT2D eigenvalue weighted by molar-refractivity contribution is 0.239. The zero-order valence-corrected chi connectivity index (χ0v) is 12.3. The fourth-order valence-corrected chi connectivity index (χ4v) is 2.03. The van der Waals surface area contributed by atoms with E-state index in [9.17, 15) is 4.79 Å². The van der Waals surface area contributed by atoms with Crippen molar-refractivity contribution in [2.75, 3.05) is 5.32 Å². The molecule has 1 unspecified atom stereocenters. The molecule has 1 aromatic rings. The molecule has 106 valence electrons. The van der Waals surface area contributed by atoms with E-state index in [0.717, 1.165) is 24.1 Å². The molecule has 0 spiro atoms. The summed E-state index contributed by atoms with van der Waals surface area (Å²) in [6.45, 7) is 8.08. The summed E-state index contributed by atoms with van der Waals surface area (Å²) >= 11 is 0. The van der Waals surface area contributed by atoms with Crippen molar-refractivity contribution in [3.63, 3.8) is 0 Å². The number of rotatable bonds is 5. The molecule has 4 N–H and O–H groups in total. The smallest absolute Gasteiger partial charge is 0.319 e. The average Bonchev–Trinajstić information content (AvgIpc) is 2.28. The molecule has 0 aromatic heterocycles. The van der Waals surface area contributed by atoms with E-state index < -0.39 is 0 Å². The summed E-state index contributed by atoms with van der Waals surface area (Å²) in [4.78, 5) is 11.9. The lowest BCUT2D eigenvalue weighted by Crippen LogP contribution is -2.45. The molecule has 0 aliphatic carbocycles. The fourth-order valence-electron chi connectivity index (χ4n) is 2.03. The molecular weight excluding hydrogens is 238 g/mol. The van der Waals surface area contributed by atoms with Gasteiger partial charge in [0.2, 0.25) is 0 Å². The predicted molar refractivity (Wildman–Crippen MR) is 80.2 cm³/mol. The minimum atomic E-state index is -0.190. The first-order valence-corrected chi connectivity index (χ1v) is 6.79. The third kappa shape index (κ3) is 5.30. The first kappa shape index (κ1) is 15.5. The summed E-state index contributed by atoms with van der Waals surface area (Å²) in [5, 5.41) is 5.80. The van der Waals surface area contributed by atoms with Crippen LogP contribution in [-0.4, -0.2) is 11.6 Å². The second-order valence-electron chi connectivity index (χ2n) is 5.62. The zero-order valence-electron chi connectivity index (χ0n) is 12.3. The number of benzene rings is 1. The van der Waals surface area contributed by atoms with Gasteiger partial charge >= 0.3 is 6.03 Å². The maximum atomic E-state index is 11.9. The van der Waals surface area contributed by atoms with Gasteiger partial charge in [-0.3, -0.25) is 0 Å². The van der Waals surface area contributed by atoms with E-state index in [1.165, 1.54) is 0 Å². The second-order valence-corrected chi connectivity index (χ2v) is 5.62. The number of hydrogen-bond acceptors (Lipinski definition) is 2. The van der Waals surface area contributed by atoms with Gasteiger partial charge in [0.15, 0.2) is 0 Å². The maximum absolute atomic E-state index is 11.9.